The summed E-state index contributed by atoms with van der Waals surface area (Å²) in [7, 11) is 0. The van der Waals surface area contributed by atoms with Crippen LogP contribution in [0.5, 0.6) is 0 Å². The van der Waals surface area contributed by atoms with Gasteiger partial charge in [0.1, 0.15) is 11.3 Å². The molecule has 0 bridgehead atoms. The van der Waals surface area contributed by atoms with Gasteiger partial charge in [-0.15, -0.1) is 11.3 Å². The number of thiazole rings is 1. The molecule has 0 aromatic carbocycles. The van der Waals surface area contributed by atoms with Crippen LogP contribution in [0, 0.1) is 20.8 Å². The van der Waals surface area contributed by atoms with Gasteiger partial charge >= 0.3 is 0 Å². The number of aromatic nitrogens is 4. The van der Waals surface area contributed by atoms with Crippen molar-refractivity contribution < 1.29 is 13.6 Å². The van der Waals surface area contributed by atoms with Gasteiger partial charge in [0.05, 0.1) is 11.9 Å². The first kappa shape index (κ1) is 15.5. The molecular weight excluding hydrogens is 324 g/mol. The largest absolute Gasteiger partial charge is 0.298 e. The van der Waals surface area contributed by atoms with E-state index in [0.29, 0.717) is 10.8 Å². The zero-order valence-electron chi connectivity index (χ0n) is 12.6. The molecule has 0 spiro atoms. The number of hydrogen-bond donors (Lipinski definition) is 1. The van der Waals surface area contributed by atoms with Crippen molar-refractivity contribution in [1.29, 1.82) is 0 Å². The van der Waals surface area contributed by atoms with Gasteiger partial charge in [-0.2, -0.15) is 5.10 Å². The van der Waals surface area contributed by atoms with E-state index in [9.17, 15) is 13.6 Å². The first-order valence-corrected chi connectivity index (χ1v) is 7.57. The van der Waals surface area contributed by atoms with E-state index in [1.54, 1.807) is 6.92 Å². The number of nitrogens with one attached hydrogen (secondary N) is 1. The third-order valence-electron chi connectivity index (χ3n) is 3.34. The molecule has 0 radical (unpaired) electrons. The Bertz CT molecular complexity index is 883. The lowest BCUT2D eigenvalue weighted by Gasteiger charge is -2.05. The summed E-state index contributed by atoms with van der Waals surface area (Å²) in [4.78, 5) is 21.7. The number of hydrogen-bond acceptors (Lipinski definition) is 5. The summed E-state index contributed by atoms with van der Waals surface area (Å²) in [6.07, 6.45) is -1.48. The average molecular weight is 337 g/mol. The van der Waals surface area contributed by atoms with Crippen LogP contribution in [0.15, 0.2) is 12.3 Å². The fraction of sp³-hybridized carbons (Fsp3) is 0.286. The highest BCUT2D eigenvalue weighted by molar-refractivity contribution is 7.15. The molecule has 0 unspecified atom stereocenters. The number of amides is 1. The summed E-state index contributed by atoms with van der Waals surface area (Å²) in [5.74, 6) is -0.480. The zero-order valence-corrected chi connectivity index (χ0v) is 13.4. The highest BCUT2D eigenvalue weighted by Gasteiger charge is 2.21. The van der Waals surface area contributed by atoms with Gasteiger partial charge in [0.25, 0.3) is 12.3 Å². The highest BCUT2D eigenvalue weighted by Crippen LogP contribution is 2.24. The van der Waals surface area contributed by atoms with Gasteiger partial charge in [0, 0.05) is 10.6 Å². The van der Waals surface area contributed by atoms with Gasteiger partial charge in [0.15, 0.2) is 10.8 Å². The second-order valence-corrected chi connectivity index (χ2v) is 6.23. The van der Waals surface area contributed by atoms with Crippen molar-refractivity contribution in [3.8, 4) is 0 Å². The molecule has 0 aliphatic heterocycles. The van der Waals surface area contributed by atoms with Crippen molar-refractivity contribution >= 4 is 28.0 Å². The predicted octanol–water partition coefficient (Wildman–Crippen LogP) is 3.30. The Balaban J connectivity index is 2.01. The molecule has 0 atom stereocenters. The first-order valence-electron chi connectivity index (χ1n) is 6.75. The van der Waals surface area contributed by atoms with Crippen LogP contribution in [-0.4, -0.2) is 25.5 Å². The van der Waals surface area contributed by atoms with Gasteiger partial charge in [-0.1, -0.05) is 0 Å². The molecule has 9 heteroatoms. The third kappa shape index (κ3) is 2.79. The number of anilines is 1. The smallest absolute Gasteiger partial charge is 0.280 e. The van der Waals surface area contributed by atoms with Crippen molar-refractivity contribution in [3.05, 3.63) is 39.8 Å². The number of carbonyl (C=O) groups excluding carboxylic acids is 1. The van der Waals surface area contributed by atoms with Crippen molar-refractivity contribution in [2.75, 3.05) is 5.32 Å². The minimum absolute atomic E-state index is 0.0998. The van der Waals surface area contributed by atoms with Gasteiger partial charge < -0.3 is 0 Å². The van der Waals surface area contributed by atoms with Crippen molar-refractivity contribution in [2.24, 2.45) is 0 Å². The number of fused-ring (bicyclic) bond motifs is 1. The second kappa shape index (κ2) is 5.65. The number of nitrogens with zero attached hydrogens (tertiary/aromatic N) is 4. The van der Waals surface area contributed by atoms with E-state index >= 15 is 0 Å². The Hall–Kier alpha value is -2.42. The number of aryl methyl sites for hydroxylation is 3. The normalized spacial score (nSPS) is 11.4. The number of alkyl halides is 2. The molecule has 3 aromatic rings. The van der Waals surface area contributed by atoms with Crippen molar-refractivity contribution in [3.63, 3.8) is 0 Å². The van der Waals surface area contributed by atoms with Crippen LogP contribution in [0.1, 0.15) is 38.7 Å². The Morgan fingerprint density at radius 3 is 2.65 bits per heavy atom. The molecule has 0 fully saturated rings. The molecular formula is C14H13F2N5OS. The van der Waals surface area contributed by atoms with E-state index in [-0.39, 0.29) is 16.9 Å². The maximum atomic E-state index is 13.1. The minimum atomic E-state index is -2.71. The lowest BCUT2D eigenvalue weighted by atomic mass is 10.3. The molecule has 0 saturated heterocycles. The molecule has 1 amide bonds. The molecule has 3 heterocycles. The SMILES string of the molecule is Cc1cc(C(F)F)n2ncc(C(=O)Nc3nc(C)c(C)s3)c2n1. The summed E-state index contributed by atoms with van der Waals surface area (Å²) >= 11 is 1.35. The Morgan fingerprint density at radius 1 is 1.30 bits per heavy atom. The van der Waals surface area contributed by atoms with Gasteiger partial charge in [-0.25, -0.2) is 23.3 Å². The monoisotopic (exact) mass is 337 g/mol. The topological polar surface area (TPSA) is 72.2 Å². The minimum Gasteiger partial charge on any atom is -0.298 e. The van der Waals surface area contributed by atoms with Crippen molar-refractivity contribution in [1.82, 2.24) is 19.6 Å². The predicted molar refractivity (Wildman–Crippen MR) is 82.2 cm³/mol. The molecule has 1 N–H and O–H groups in total. The summed E-state index contributed by atoms with van der Waals surface area (Å²) in [5, 5.41) is 6.97. The van der Waals surface area contributed by atoms with Crippen LogP contribution in [0.3, 0.4) is 0 Å². The number of halogens is 2. The fourth-order valence-corrected chi connectivity index (χ4v) is 2.93. The lowest BCUT2D eigenvalue weighted by Crippen LogP contribution is -2.12. The van der Waals surface area contributed by atoms with Gasteiger partial charge in [-0.05, 0) is 26.8 Å². The maximum Gasteiger partial charge on any atom is 0.280 e. The Morgan fingerprint density at radius 2 is 2.04 bits per heavy atom. The number of carbonyl (C=O) groups is 1. The summed E-state index contributed by atoms with van der Waals surface area (Å²) in [6.45, 7) is 5.34. The highest BCUT2D eigenvalue weighted by atomic mass is 32.1. The van der Waals surface area contributed by atoms with Crippen LogP contribution in [0.4, 0.5) is 13.9 Å². The number of rotatable bonds is 3. The van der Waals surface area contributed by atoms with Crippen LogP contribution in [0.25, 0.3) is 5.65 Å². The first-order chi connectivity index (χ1) is 10.9. The molecule has 0 saturated carbocycles. The summed E-state index contributed by atoms with van der Waals surface area (Å²) in [6, 6.07) is 1.25. The van der Waals surface area contributed by atoms with E-state index in [0.717, 1.165) is 15.1 Å². The standard InChI is InChI=1S/C14H13F2N5OS/c1-6-4-10(11(15)16)21-12(18-6)9(5-17-21)13(22)20-14-19-7(2)8(3)23-14/h4-5,11H,1-3H3,(H,19,20,22). The van der Waals surface area contributed by atoms with E-state index < -0.39 is 12.3 Å². The van der Waals surface area contributed by atoms with Crippen LogP contribution >= 0.6 is 11.3 Å². The van der Waals surface area contributed by atoms with Crippen LogP contribution < -0.4 is 5.32 Å². The summed E-state index contributed by atoms with van der Waals surface area (Å²) < 4.78 is 27.2. The zero-order chi connectivity index (χ0) is 16.7. The molecule has 120 valence electrons. The Kier molecular flexibility index (Phi) is 3.80. The lowest BCUT2D eigenvalue weighted by molar-refractivity contribution is 0.102. The maximum absolute atomic E-state index is 13.1. The van der Waals surface area contributed by atoms with Gasteiger partial charge in [-0.3, -0.25) is 10.1 Å². The second-order valence-electron chi connectivity index (χ2n) is 5.03. The molecule has 23 heavy (non-hydrogen) atoms. The molecule has 3 rings (SSSR count). The Labute approximate surface area is 134 Å². The third-order valence-corrected chi connectivity index (χ3v) is 4.33. The van der Waals surface area contributed by atoms with Crippen molar-refractivity contribution in [2.45, 2.75) is 27.2 Å². The fourth-order valence-electron chi connectivity index (χ4n) is 2.12. The molecule has 0 aliphatic rings. The van der Waals surface area contributed by atoms with E-state index in [1.807, 2.05) is 13.8 Å². The quantitative estimate of drug-likeness (QED) is 0.796. The van der Waals surface area contributed by atoms with E-state index in [2.05, 4.69) is 20.4 Å². The van der Waals surface area contributed by atoms with Gasteiger partial charge in [0.2, 0.25) is 0 Å². The summed E-state index contributed by atoms with van der Waals surface area (Å²) in [5.41, 5.74) is 1.15. The molecule has 0 aliphatic carbocycles. The average Bonchev–Trinajstić information content (AvgIpc) is 3.01. The molecule has 3 aromatic heterocycles. The van der Waals surface area contributed by atoms with E-state index in [1.165, 1.54) is 23.6 Å². The molecule has 6 nitrogen and oxygen atoms in total. The van der Waals surface area contributed by atoms with Crippen LogP contribution in [-0.2, 0) is 0 Å². The van der Waals surface area contributed by atoms with E-state index in [4.69, 9.17) is 0 Å². The van der Waals surface area contributed by atoms with Crippen LogP contribution in [0.2, 0.25) is 0 Å².